The molecule has 0 amide bonds. The maximum Gasteiger partial charge on any atom is 0.293 e. The van der Waals surface area contributed by atoms with Gasteiger partial charge in [0.25, 0.3) is 5.56 Å². The van der Waals surface area contributed by atoms with E-state index in [-0.39, 0.29) is 17.1 Å². The highest BCUT2D eigenvalue weighted by Gasteiger charge is 2.06. The fraction of sp³-hybridized carbons (Fsp3) is 0.167. The molecule has 5 nitrogen and oxygen atoms in total. The van der Waals surface area contributed by atoms with Gasteiger partial charge in [0.15, 0.2) is 17.4 Å². The largest absolute Gasteiger partial charge is 0.494 e. The van der Waals surface area contributed by atoms with Gasteiger partial charge in [0.05, 0.1) is 7.11 Å². The average Bonchev–Trinajstić information content (AvgIpc) is 2.37. The number of ether oxygens (including phenoxy) is 1. The first-order valence-electron chi connectivity index (χ1n) is 5.24. The van der Waals surface area contributed by atoms with E-state index in [2.05, 4.69) is 10.3 Å². The molecular weight excluding hydrogens is 237 g/mol. The van der Waals surface area contributed by atoms with Gasteiger partial charge in [0.2, 0.25) is 0 Å². The van der Waals surface area contributed by atoms with Crippen molar-refractivity contribution in [2.24, 2.45) is 7.05 Å². The van der Waals surface area contributed by atoms with Crippen LogP contribution in [-0.2, 0) is 7.05 Å². The number of aryl methyl sites for hydroxylation is 1. The quantitative estimate of drug-likeness (QED) is 0.899. The van der Waals surface area contributed by atoms with Gasteiger partial charge in [-0.2, -0.15) is 0 Å². The third-order valence-electron chi connectivity index (χ3n) is 2.43. The first-order chi connectivity index (χ1) is 8.61. The molecular formula is C12H12FN3O2. The van der Waals surface area contributed by atoms with E-state index in [4.69, 9.17) is 4.74 Å². The van der Waals surface area contributed by atoms with Crippen LogP contribution in [0, 0.1) is 5.82 Å². The Labute approximate surface area is 103 Å². The van der Waals surface area contributed by atoms with E-state index < -0.39 is 5.82 Å². The second kappa shape index (κ2) is 4.87. The van der Waals surface area contributed by atoms with Gasteiger partial charge in [-0.15, -0.1) is 0 Å². The van der Waals surface area contributed by atoms with E-state index in [0.29, 0.717) is 5.69 Å². The van der Waals surface area contributed by atoms with Crippen molar-refractivity contribution in [3.63, 3.8) is 0 Å². The number of hydrogen-bond donors (Lipinski definition) is 1. The maximum atomic E-state index is 13.2. The van der Waals surface area contributed by atoms with Crippen molar-refractivity contribution >= 4 is 11.5 Å². The molecule has 1 heterocycles. The molecule has 0 unspecified atom stereocenters. The fourth-order valence-electron chi connectivity index (χ4n) is 1.46. The highest BCUT2D eigenvalue weighted by molar-refractivity contribution is 5.57. The zero-order chi connectivity index (χ0) is 13.1. The molecule has 0 fully saturated rings. The topological polar surface area (TPSA) is 56.1 Å². The Morgan fingerprint density at radius 1 is 1.44 bits per heavy atom. The van der Waals surface area contributed by atoms with Crippen LogP contribution < -0.4 is 15.6 Å². The molecule has 94 valence electrons. The van der Waals surface area contributed by atoms with Crippen molar-refractivity contribution in [3.05, 3.63) is 46.8 Å². The lowest BCUT2D eigenvalue weighted by molar-refractivity contribution is 0.387. The van der Waals surface area contributed by atoms with Crippen molar-refractivity contribution in [3.8, 4) is 5.75 Å². The molecule has 0 aliphatic carbocycles. The Balaban J connectivity index is 2.34. The van der Waals surface area contributed by atoms with Crippen LogP contribution in [0.5, 0.6) is 5.75 Å². The molecule has 0 bridgehead atoms. The fourth-order valence-corrected chi connectivity index (χ4v) is 1.46. The lowest BCUT2D eigenvalue weighted by Crippen LogP contribution is -2.20. The number of benzene rings is 1. The molecule has 2 rings (SSSR count). The number of rotatable bonds is 3. The number of halogens is 1. The molecule has 0 saturated carbocycles. The summed E-state index contributed by atoms with van der Waals surface area (Å²) in [5.41, 5.74) is 0.268. The number of nitrogens with zero attached hydrogens (tertiary/aromatic N) is 2. The van der Waals surface area contributed by atoms with Gasteiger partial charge in [0.1, 0.15) is 0 Å². The van der Waals surface area contributed by atoms with Crippen LogP contribution in [0.15, 0.2) is 35.4 Å². The first-order valence-corrected chi connectivity index (χ1v) is 5.24. The lowest BCUT2D eigenvalue weighted by Gasteiger charge is -2.08. The Morgan fingerprint density at radius 2 is 2.22 bits per heavy atom. The molecule has 1 N–H and O–H groups in total. The van der Waals surface area contributed by atoms with Gasteiger partial charge in [0, 0.05) is 31.2 Å². The molecule has 18 heavy (non-hydrogen) atoms. The van der Waals surface area contributed by atoms with Gasteiger partial charge >= 0.3 is 0 Å². The van der Waals surface area contributed by atoms with E-state index in [9.17, 15) is 9.18 Å². The van der Waals surface area contributed by atoms with Crippen LogP contribution in [-0.4, -0.2) is 16.7 Å². The lowest BCUT2D eigenvalue weighted by atomic mass is 10.3. The molecule has 0 aliphatic heterocycles. The smallest absolute Gasteiger partial charge is 0.293 e. The van der Waals surface area contributed by atoms with Crippen molar-refractivity contribution in [2.45, 2.75) is 0 Å². The highest BCUT2D eigenvalue weighted by atomic mass is 19.1. The standard InChI is InChI=1S/C12H12FN3O2/c1-16-6-5-14-11(12(16)17)15-8-3-4-9(13)10(7-8)18-2/h3-7H,1-2H3,(H,14,15). The highest BCUT2D eigenvalue weighted by Crippen LogP contribution is 2.22. The van der Waals surface area contributed by atoms with Gasteiger partial charge in [-0.1, -0.05) is 0 Å². The van der Waals surface area contributed by atoms with E-state index >= 15 is 0 Å². The summed E-state index contributed by atoms with van der Waals surface area (Å²) in [5, 5.41) is 2.82. The van der Waals surface area contributed by atoms with Crippen LogP contribution in [0.2, 0.25) is 0 Å². The Morgan fingerprint density at radius 3 is 2.94 bits per heavy atom. The van der Waals surface area contributed by atoms with Crippen LogP contribution in [0.4, 0.5) is 15.9 Å². The maximum absolute atomic E-state index is 13.2. The molecule has 6 heteroatoms. The monoisotopic (exact) mass is 249 g/mol. The predicted molar refractivity (Wildman–Crippen MR) is 65.7 cm³/mol. The van der Waals surface area contributed by atoms with Gasteiger partial charge < -0.3 is 14.6 Å². The third kappa shape index (κ3) is 2.32. The summed E-state index contributed by atoms with van der Waals surface area (Å²) >= 11 is 0. The number of anilines is 2. The van der Waals surface area contributed by atoms with E-state index in [1.807, 2.05) is 0 Å². The SMILES string of the molecule is COc1cc(Nc2nccn(C)c2=O)ccc1F. The average molecular weight is 249 g/mol. The zero-order valence-electron chi connectivity index (χ0n) is 9.98. The summed E-state index contributed by atoms with van der Waals surface area (Å²) in [6.07, 6.45) is 3.06. The number of hydrogen-bond acceptors (Lipinski definition) is 4. The summed E-state index contributed by atoms with van der Waals surface area (Å²) in [6.45, 7) is 0. The summed E-state index contributed by atoms with van der Waals surface area (Å²) in [5.74, 6) is -0.182. The van der Waals surface area contributed by atoms with E-state index in [1.54, 1.807) is 13.2 Å². The molecule has 0 saturated heterocycles. The van der Waals surface area contributed by atoms with Crippen LogP contribution in [0.25, 0.3) is 0 Å². The normalized spacial score (nSPS) is 10.2. The second-order valence-corrected chi connectivity index (χ2v) is 3.67. The number of nitrogens with one attached hydrogen (secondary N) is 1. The minimum absolute atomic E-state index is 0.104. The Kier molecular flexibility index (Phi) is 3.27. The summed E-state index contributed by atoms with van der Waals surface area (Å²) in [4.78, 5) is 15.7. The van der Waals surface area contributed by atoms with Crippen LogP contribution >= 0.6 is 0 Å². The summed E-state index contributed by atoms with van der Waals surface area (Å²) in [6, 6.07) is 4.23. The molecule has 1 aromatic carbocycles. The van der Waals surface area contributed by atoms with Crippen molar-refractivity contribution in [1.82, 2.24) is 9.55 Å². The minimum atomic E-state index is -0.461. The van der Waals surface area contributed by atoms with Crippen LogP contribution in [0.1, 0.15) is 0 Å². The molecule has 0 atom stereocenters. The summed E-state index contributed by atoms with van der Waals surface area (Å²) < 4.78 is 19.5. The van der Waals surface area contributed by atoms with Crippen molar-refractivity contribution in [1.29, 1.82) is 0 Å². The molecule has 0 radical (unpaired) electrons. The number of aromatic nitrogens is 2. The Hall–Kier alpha value is -2.37. The first kappa shape index (κ1) is 12.1. The van der Waals surface area contributed by atoms with Gasteiger partial charge in [-0.3, -0.25) is 4.79 Å². The third-order valence-corrected chi connectivity index (χ3v) is 2.43. The van der Waals surface area contributed by atoms with Crippen molar-refractivity contribution < 1.29 is 9.13 Å². The van der Waals surface area contributed by atoms with Crippen LogP contribution in [0.3, 0.4) is 0 Å². The second-order valence-electron chi connectivity index (χ2n) is 3.67. The molecule has 0 spiro atoms. The van der Waals surface area contributed by atoms with Gasteiger partial charge in [-0.05, 0) is 12.1 Å². The predicted octanol–water partition coefficient (Wildman–Crippen LogP) is 1.67. The zero-order valence-corrected chi connectivity index (χ0v) is 9.98. The molecule has 2 aromatic rings. The molecule has 1 aromatic heterocycles. The van der Waals surface area contributed by atoms with E-state index in [1.165, 1.54) is 36.1 Å². The molecule has 0 aliphatic rings. The number of methoxy groups -OCH3 is 1. The van der Waals surface area contributed by atoms with E-state index in [0.717, 1.165) is 0 Å². The minimum Gasteiger partial charge on any atom is -0.494 e. The van der Waals surface area contributed by atoms with Crippen molar-refractivity contribution in [2.75, 3.05) is 12.4 Å². The Bertz CT molecular complexity index is 625. The summed E-state index contributed by atoms with van der Waals surface area (Å²) in [7, 11) is 3.00. The van der Waals surface area contributed by atoms with Gasteiger partial charge in [-0.25, -0.2) is 9.37 Å².